The van der Waals surface area contributed by atoms with Gasteiger partial charge in [-0.15, -0.1) is 0 Å². The predicted molar refractivity (Wildman–Crippen MR) is 132 cm³/mol. The first-order valence-corrected chi connectivity index (χ1v) is 11.6. The molecule has 0 bridgehead atoms. The highest BCUT2D eigenvalue weighted by atomic mass is 19.1. The quantitative estimate of drug-likeness (QED) is 0.444. The smallest absolute Gasteiger partial charge is 0.257 e. The number of carbonyl (C=O) groups is 1. The molecule has 7 heteroatoms. The van der Waals surface area contributed by atoms with E-state index in [1.807, 2.05) is 52.3 Å². The molecular weight excluding hydrogens is 429 g/mol. The predicted octanol–water partition coefficient (Wildman–Crippen LogP) is 4.80. The Morgan fingerprint density at radius 1 is 0.941 bits per heavy atom. The molecule has 34 heavy (non-hydrogen) atoms. The number of halogens is 1. The van der Waals surface area contributed by atoms with Crippen LogP contribution in [0.3, 0.4) is 0 Å². The molecule has 1 fully saturated rings. The van der Waals surface area contributed by atoms with Gasteiger partial charge in [-0.25, -0.2) is 13.9 Å². The van der Waals surface area contributed by atoms with E-state index in [4.69, 9.17) is 5.10 Å². The Morgan fingerprint density at radius 2 is 1.62 bits per heavy atom. The second-order valence-electron chi connectivity index (χ2n) is 9.67. The van der Waals surface area contributed by atoms with Crippen LogP contribution in [0.15, 0.2) is 66.9 Å². The van der Waals surface area contributed by atoms with E-state index >= 15 is 0 Å². The molecule has 1 saturated heterocycles. The highest BCUT2D eigenvalue weighted by molar-refractivity contribution is 6.00. The molecule has 1 amide bonds. The lowest BCUT2D eigenvalue weighted by molar-refractivity contribution is 0.0746. The minimum absolute atomic E-state index is 0.0887. The van der Waals surface area contributed by atoms with Gasteiger partial charge in [0.25, 0.3) is 5.91 Å². The van der Waals surface area contributed by atoms with E-state index in [0.717, 1.165) is 17.0 Å². The van der Waals surface area contributed by atoms with Crippen molar-refractivity contribution < 1.29 is 9.18 Å². The number of rotatable bonds is 3. The zero-order valence-electron chi connectivity index (χ0n) is 19.7. The first kappa shape index (κ1) is 22.1. The topological polar surface area (TPSA) is 53.7 Å². The molecule has 1 aliphatic rings. The third-order valence-corrected chi connectivity index (χ3v) is 6.29. The number of fused-ring (bicyclic) bond motifs is 1. The van der Waals surface area contributed by atoms with Crippen LogP contribution < -0.4 is 4.90 Å². The number of benzene rings is 2. The zero-order chi connectivity index (χ0) is 23.9. The molecule has 0 saturated carbocycles. The molecule has 0 radical (unpaired) electrons. The minimum atomic E-state index is -0.239. The molecule has 0 spiro atoms. The monoisotopic (exact) mass is 457 g/mol. The molecule has 2 aromatic carbocycles. The summed E-state index contributed by atoms with van der Waals surface area (Å²) in [5.74, 6) is -0.328. The van der Waals surface area contributed by atoms with E-state index in [0.29, 0.717) is 43.1 Å². The van der Waals surface area contributed by atoms with Crippen LogP contribution in [0, 0.1) is 5.82 Å². The minimum Gasteiger partial charge on any atom is -0.366 e. The maximum Gasteiger partial charge on any atom is 0.257 e. The Bertz CT molecular complexity index is 1330. The molecule has 0 N–H and O–H groups in total. The van der Waals surface area contributed by atoms with Crippen molar-refractivity contribution in [2.24, 2.45) is 0 Å². The largest absolute Gasteiger partial charge is 0.366 e. The van der Waals surface area contributed by atoms with Crippen molar-refractivity contribution in [1.29, 1.82) is 0 Å². The fraction of sp³-hybridized carbons (Fsp3) is 0.296. The lowest BCUT2D eigenvalue weighted by atomic mass is 9.93. The molecule has 174 valence electrons. The number of anilines is 1. The third-order valence-electron chi connectivity index (χ3n) is 6.29. The Balaban J connectivity index is 1.50. The van der Waals surface area contributed by atoms with Crippen LogP contribution in [-0.4, -0.2) is 51.6 Å². The summed E-state index contributed by atoms with van der Waals surface area (Å²) < 4.78 is 16.0. The van der Waals surface area contributed by atoms with Gasteiger partial charge in [-0.1, -0.05) is 63.2 Å². The van der Waals surface area contributed by atoms with Crippen molar-refractivity contribution in [2.45, 2.75) is 26.2 Å². The summed E-state index contributed by atoms with van der Waals surface area (Å²) in [6, 6.07) is 18.6. The normalized spacial score (nSPS) is 14.6. The number of nitrogens with zero attached hydrogens (tertiary/aromatic N) is 5. The average molecular weight is 458 g/mol. The van der Waals surface area contributed by atoms with Gasteiger partial charge in [0.1, 0.15) is 5.82 Å². The van der Waals surface area contributed by atoms with Crippen LogP contribution in [0.5, 0.6) is 0 Å². The van der Waals surface area contributed by atoms with E-state index in [-0.39, 0.29) is 17.1 Å². The summed E-state index contributed by atoms with van der Waals surface area (Å²) in [4.78, 5) is 22.1. The molecular formula is C27H28FN5O. The van der Waals surface area contributed by atoms with E-state index in [2.05, 4.69) is 25.8 Å². The lowest BCUT2D eigenvalue weighted by Crippen LogP contribution is -2.49. The van der Waals surface area contributed by atoms with Gasteiger partial charge in [0.15, 0.2) is 5.65 Å². The van der Waals surface area contributed by atoms with Crippen LogP contribution >= 0.6 is 0 Å². The standard InChI is InChI=1S/C27H28FN5O/c1-27(2,3)23-17-24-29-18-20(25(33(24)30-23)19-9-5-4-6-10-19)26(34)32-15-13-31(14-16-32)22-12-8-7-11-21(22)28/h4-12,17-18H,13-16H2,1-3H3. The number of carbonyl (C=O) groups excluding carboxylic acids is 1. The van der Waals surface area contributed by atoms with Gasteiger partial charge in [0, 0.05) is 49.4 Å². The van der Waals surface area contributed by atoms with Crippen molar-refractivity contribution in [1.82, 2.24) is 19.5 Å². The highest BCUT2D eigenvalue weighted by Crippen LogP contribution is 2.29. The Labute approximate surface area is 198 Å². The van der Waals surface area contributed by atoms with Gasteiger partial charge in [0.2, 0.25) is 0 Å². The fourth-order valence-electron chi connectivity index (χ4n) is 4.36. The van der Waals surface area contributed by atoms with Crippen molar-refractivity contribution >= 4 is 17.2 Å². The first-order valence-electron chi connectivity index (χ1n) is 11.6. The molecule has 1 aliphatic heterocycles. The lowest BCUT2D eigenvalue weighted by Gasteiger charge is -2.36. The van der Waals surface area contributed by atoms with Crippen molar-refractivity contribution in [3.8, 4) is 11.3 Å². The summed E-state index contributed by atoms with van der Waals surface area (Å²) in [5, 5.41) is 4.84. The fourth-order valence-corrected chi connectivity index (χ4v) is 4.36. The van der Waals surface area contributed by atoms with Crippen LogP contribution in [0.2, 0.25) is 0 Å². The van der Waals surface area contributed by atoms with Crippen molar-refractivity contribution in [2.75, 3.05) is 31.1 Å². The van der Waals surface area contributed by atoms with Crippen LogP contribution in [0.25, 0.3) is 16.9 Å². The molecule has 3 heterocycles. The van der Waals surface area contributed by atoms with Crippen LogP contribution in [0.1, 0.15) is 36.8 Å². The maximum absolute atomic E-state index is 14.2. The summed E-state index contributed by atoms with van der Waals surface area (Å²) in [6.07, 6.45) is 1.66. The number of hydrogen-bond acceptors (Lipinski definition) is 4. The van der Waals surface area contributed by atoms with Gasteiger partial charge < -0.3 is 9.80 Å². The molecule has 6 nitrogen and oxygen atoms in total. The van der Waals surface area contributed by atoms with Crippen molar-refractivity contribution in [3.05, 3.63) is 83.9 Å². The summed E-state index contributed by atoms with van der Waals surface area (Å²) in [7, 11) is 0. The molecule has 0 aliphatic carbocycles. The Kier molecular flexibility index (Phi) is 5.55. The van der Waals surface area contributed by atoms with Gasteiger partial charge in [0.05, 0.1) is 22.6 Å². The zero-order valence-corrected chi connectivity index (χ0v) is 19.7. The van der Waals surface area contributed by atoms with Crippen molar-refractivity contribution in [3.63, 3.8) is 0 Å². The molecule has 4 aromatic rings. The molecule has 2 aromatic heterocycles. The van der Waals surface area contributed by atoms with Crippen LogP contribution in [0.4, 0.5) is 10.1 Å². The van der Waals surface area contributed by atoms with E-state index in [9.17, 15) is 9.18 Å². The number of para-hydroxylation sites is 1. The molecule has 0 atom stereocenters. The second-order valence-corrected chi connectivity index (χ2v) is 9.67. The van der Waals surface area contributed by atoms with E-state index < -0.39 is 0 Å². The average Bonchev–Trinajstić information content (AvgIpc) is 3.29. The number of aromatic nitrogens is 3. The Hall–Kier alpha value is -3.74. The molecule has 0 unspecified atom stereocenters. The van der Waals surface area contributed by atoms with Crippen LogP contribution in [-0.2, 0) is 5.41 Å². The maximum atomic E-state index is 14.2. The summed E-state index contributed by atoms with van der Waals surface area (Å²) in [5.41, 5.74) is 4.23. The van der Waals surface area contributed by atoms with Gasteiger partial charge >= 0.3 is 0 Å². The SMILES string of the molecule is CC(C)(C)c1cc2ncc(C(=O)N3CCN(c4ccccc4F)CC3)c(-c3ccccc3)n2n1. The summed E-state index contributed by atoms with van der Waals surface area (Å²) in [6.45, 7) is 8.48. The Morgan fingerprint density at radius 3 is 2.29 bits per heavy atom. The second kappa shape index (κ2) is 8.56. The molecule has 5 rings (SSSR count). The summed E-state index contributed by atoms with van der Waals surface area (Å²) >= 11 is 0. The number of amides is 1. The van der Waals surface area contributed by atoms with E-state index in [1.165, 1.54) is 6.07 Å². The van der Waals surface area contributed by atoms with E-state index in [1.54, 1.807) is 22.8 Å². The van der Waals surface area contributed by atoms with Gasteiger partial charge in [-0.05, 0) is 12.1 Å². The number of hydrogen-bond donors (Lipinski definition) is 0. The van der Waals surface area contributed by atoms with Gasteiger partial charge in [-0.2, -0.15) is 5.10 Å². The third kappa shape index (κ3) is 4.02. The number of piperazine rings is 1. The van der Waals surface area contributed by atoms with Gasteiger partial charge in [-0.3, -0.25) is 4.79 Å². The highest BCUT2D eigenvalue weighted by Gasteiger charge is 2.28. The first-order chi connectivity index (χ1) is 16.3.